The smallest absolute Gasteiger partial charge is 0.225 e. The molecule has 0 aliphatic carbocycles. The number of likely N-dealkylation sites (N-methyl/N-ethyl adjacent to an activating group) is 1. The average Bonchev–Trinajstić information content (AvgIpc) is 3.10. The second kappa shape index (κ2) is 9.23. The molecule has 5 rings (SSSR count). The van der Waals surface area contributed by atoms with Crippen LogP contribution in [-0.2, 0) is 0 Å². The molecule has 0 saturated carbocycles. The van der Waals surface area contributed by atoms with Crippen LogP contribution >= 0.6 is 0 Å². The number of anilines is 3. The van der Waals surface area contributed by atoms with E-state index in [9.17, 15) is 0 Å². The van der Waals surface area contributed by atoms with Gasteiger partial charge in [0.2, 0.25) is 5.95 Å². The van der Waals surface area contributed by atoms with Gasteiger partial charge in [-0.1, -0.05) is 19.1 Å². The lowest BCUT2D eigenvalue weighted by Crippen LogP contribution is -2.31. The largest absolute Gasteiger partial charge is 0.339 e. The highest BCUT2D eigenvalue weighted by atomic mass is 15.3. The zero-order valence-electron chi connectivity index (χ0n) is 18.1. The first kappa shape index (κ1) is 20.3. The van der Waals surface area contributed by atoms with Crippen molar-refractivity contribution in [1.29, 1.82) is 0 Å². The number of nitrogens with zero attached hydrogens (tertiary/aromatic N) is 7. The van der Waals surface area contributed by atoms with Crippen molar-refractivity contribution in [1.82, 2.24) is 29.8 Å². The third-order valence-electron chi connectivity index (χ3n) is 5.86. The van der Waals surface area contributed by atoms with Crippen LogP contribution in [0.5, 0.6) is 0 Å². The van der Waals surface area contributed by atoms with Crippen molar-refractivity contribution >= 4 is 28.4 Å². The summed E-state index contributed by atoms with van der Waals surface area (Å²) < 4.78 is 0. The van der Waals surface area contributed by atoms with E-state index in [1.165, 1.54) is 0 Å². The summed E-state index contributed by atoms with van der Waals surface area (Å²) in [5, 5.41) is 4.33. The van der Waals surface area contributed by atoms with Crippen LogP contribution in [0.15, 0.2) is 61.4 Å². The van der Waals surface area contributed by atoms with Gasteiger partial charge < -0.3 is 15.1 Å². The summed E-state index contributed by atoms with van der Waals surface area (Å²) in [4.78, 5) is 27.1. The number of nitrogens with one attached hydrogen (secondary N) is 1. The summed E-state index contributed by atoms with van der Waals surface area (Å²) in [6, 6.07) is 8.16. The highest BCUT2D eigenvalue weighted by Gasteiger charge is 2.16. The molecule has 3 aromatic heterocycles. The molecule has 0 atom stereocenters. The van der Waals surface area contributed by atoms with Gasteiger partial charge in [-0.05, 0) is 37.2 Å². The van der Waals surface area contributed by atoms with E-state index in [1.807, 2.05) is 18.5 Å². The fourth-order valence-corrected chi connectivity index (χ4v) is 4.06. The average molecular weight is 427 g/mol. The molecule has 1 fully saturated rings. The van der Waals surface area contributed by atoms with Crippen LogP contribution in [0, 0.1) is 0 Å². The molecule has 8 nitrogen and oxygen atoms in total. The zero-order valence-corrected chi connectivity index (χ0v) is 18.1. The lowest BCUT2D eigenvalue weighted by Gasteiger charge is -2.21. The van der Waals surface area contributed by atoms with Crippen molar-refractivity contribution in [3.63, 3.8) is 0 Å². The second-order valence-electron chi connectivity index (χ2n) is 7.85. The molecule has 4 aromatic rings. The van der Waals surface area contributed by atoms with Gasteiger partial charge in [0.25, 0.3) is 0 Å². The molecule has 162 valence electrons. The molecular weight excluding hydrogens is 400 g/mol. The summed E-state index contributed by atoms with van der Waals surface area (Å²) in [5.74, 6) is 1.50. The Morgan fingerprint density at radius 1 is 0.844 bits per heavy atom. The maximum absolute atomic E-state index is 4.67. The van der Waals surface area contributed by atoms with Crippen molar-refractivity contribution in [2.75, 3.05) is 42.9 Å². The van der Waals surface area contributed by atoms with Gasteiger partial charge in [0.15, 0.2) is 0 Å². The molecule has 0 unspecified atom stereocenters. The molecule has 32 heavy (non-hydrogen) atoms. The van der Waals surface area contributed by atoms with E-state index in [-0.39, 0.29) is 0 Å². The van der Waals surface area contributed by atoms with E-state index in [4.69, 9.17) is 0 Å². The summed E-state index contributed by atoms with van der Waals surface area (Å²) in [7, 11) is 0. The first-order valence-corrected chi connectivity index (χ1v) is 11.0. The van der Waals surface area contributed by atoms with Crippen molar-refractivity contribution in [3.05, 3.63) is 61.4 Å². The monoisotopic (exact) mass is 426 g/mol. The molecule has 0 bridgehead atoms. The molecule has 0 spiro atoms. The van der Waals surface area contributed by atoms with E-state index in [0.29, 0.717) is 5.82 Å². The molecule has 1 N–H and O–H groups in total. The Kier molecular flexibility index (Phi) is 5.85. The first-order valence-electron chi connectivity index (χ1n) is 11.0. The Morgan fingerprint density at radius 2 is 1.75 bits per heavy atom. The minimum Gasteiger partial charge on any atom is -0.339 e. The van der Waals surface area contributed by atoms with Gasteiger partial charge in [0.1, 0.15) is 5.82 Å². The third-order valence-corrected chi connectivity index (χ3v) is 5.86. The molecule has 8 heteroatoms. The number of pyridine rings is 1. The number of benzene rings is 1. The van der Waals surface area contributed by atoms with Gasteiger partial charge in [0.05, 0.1) is 17.4 Å². The zero-order chi connectivity index (χ0) is 21.8. The fourth-order valence-electron chi connectivity index (χ4n) is 4.06. The minimum atomic E-state index is 0.698. The topological polar surface area (TPSA) is 83.0 Å². The van der Waals surface area contributed by atoms with E-state index >= 15 is 0 Å². The normalized spacial score (nSPS) is 15.0. The van der Waals surface area contributed by atoms with Gasteiger partial charge in [-0.2, -0.15) is 0 Å². The number of aromatic nitrogens is 5. The number of rotatable bonds is 5. The number of fused-ring (bicyclic) bond motifs is 1. The van der Waals surface area contributed by atoms with Gasteiger partial charge >= 0.3 is 0 Å². The second-order valence-corrected chi connectivity index (χ2v) is 7.85. The maximum atomic E-state index is 4.67. The third kappa shape index (κ3) is 4.36. The molecule has 1 saturated heterocycles. The van der Waals surface area contributed by atoms with Crippen molar-refractivity contribution < 1.29 is 0 Å². The molecular formula is C24H26N8. The number of hydrogen-bond donors (Lipinski definition) is 1. The molecule has 0 radical (unpaired) electrons. The van der Waals surface area contributed by atoms with Crippen LogP contribution in [0.3, 0.4) is 0 Å². The summed E-state index contributed by atoms with van der Waals surface area (Å²) in [6.07, 6.45) is 11.8. The Morgan fingerprint density at radius 3 is 2.56 bits per heavy atom. The summed E-state index contributed by atoms with van der Waals surface area (Å²) >= 11 is 0. The van der Waals surface area contributed by atoms with E-state index < -0.39 is 0 Å². The summed E-state index contributed by atoms with van der Waals surface area (Å²) in [5.41, 5.74) is 3.86. The van der Waals surface area contributed by atoms with Gasteiger partial charge in [-0.25, -0.2) is 15.0 Å². The van der Waals surface area contributed by atoms with Crippen LogP contribution < -0.4 is 10.2 Å². The molecule has 1 aromatic carbocycles. The molecule has 1 aliphatic heterocycles. The Labute approximate surface area is 187 Å². The number of hydrogen-bond acceptors (Lipinski definition) is 8. The van der Waals surface area contributed by atoms with Crippen molar-refractivity contribution in [2.24, 2.45) is 0 Å². The Balaban J connectivity index is 1.37. The van der Waals surface area contributed by atoms with Crippen LogP contribution in [0.4, 0.5) is 17.5 Å². The molecule has 1 aliphatic rings. The SMILES string of the molecule is CCN1CCCN(c2ncc(-c3ccc4c(Nc5cnccn5)ccnc4c3)cn2)CC1. The molecule has 4 heterocycles. The standard InChI is InChI=1S/C24H26N8/c1-2-31-10-3-11-32(13-12-31)24-28-15-19(16-29-24)18-4-5-20-21(6-7-26-22(20)14-18)30-23-17-25-8-9-27-23/h4-9,14-17H,2-3,10-13H2,1H3,(H,26,27,30). The Hall–Kier alpha value is -3.65. The predicted molar refractivity (Wildman–Crippen MR) is 127 cm³/mol. The quantitative estimate of drug-likeness (QED) is 0.517. The fraction of sp³-hybridized carbons (Fsp3) is 0.292. The van der Waals surface area contributed by atoms with Gasteiger partial charge in [-0.3, -0.25) is 9.97 Å². The van der Waals surface area contributed by atoms with Gasteiger partial charge in [-0.15, -0.1) is 0 Å². The maximum Gasteiger partial charge on any atom is 0.225 e. The van der Waals surface area contributed by atoms with Gasteiger partial charge in [0, 0.05) is 61.6 Å². The van der Waals surface area contributed by atoms with Crippen LogP contribution in [-0.4, -0.2) is 62.5 Å². The van der Waals surface area contributed by atoms with Crippen molar-refractivity contribution in [3.8, 4) is 11.1 Å². The molecule has 0 amide bonds. The lowest BCUT2D eigenvalue weighted by atomic mass is 10.1. The van der Waals surface area contributed by atoms with E-state index in [1.54, 1.807) is 24.8 Å². The van der Waals surface area contributed by atoms with Crippen LogP contribution in [0.2, 0.25) is 0 Å². The highest BCUT2D eigenvalue weighted by Crippen LogP contribution is 2.28. The summed E-state index contributed by atoms with van der Waals surface area (Å²) in [6.45, 7) is 7.48. The van der Waals surface area contributed by atoms with Crippen LogP contribution in [0.25, 0.3) is 22.0 Å². The van der Waals surface area contributed by atoms with E-state index in [0.717, 1.165) is 72.8 Å². The predicted octanol–water partition coefficient (Wildman–Crippen LogP) is 3.76. The van der Waals surface area contributed by atoms with Crippen molar-refractivity contribution in [2.45, 2.75) is 13.3 Å². The first-order chi connectivity index (χ1) is 15.8. The highest BCUT2D eigenvalue weighted by molar-refractivity contribution is 5.94. The van der Waals surface area contributed by atoms with Crippen LogP contribution in [0.1, 0.15) is 13.3 Å². The lowest BCUT2D eigenvalue weighted by molar-refractivity contribution is 0.310. The van der Waals surface area contributed by atoms with E-state index in [2.05, 4.69) is 65.2 Å². The Bertz CT molecular complexity index is 1180. The minimum absolute atomic E-state index is 0.698.